The highest BCUT2D eigenvalue weighted by Crippen LogP contribution is 2.15. The number of unbranched alkanes of at least 4 members (excludes halogenated alkanes) is 1. The van der Waals surface area contributed by atoms with Crippen LogP contribution in [-0.2, 0) is 44.7 Å². The summed E-state index contributed by atoms with van der Waals surface area (Å²) >= 11 is 0. The smallest absolute Gasteiger partial charge is 0.410 e. The van der Waals surface area contributed by atoms with Crippen molar-refractivity contribution in [3.63, 3.8) is 0 Å². The van der Waals surface area contributed by atoms with Crippen LogP contribution in [0.4, 0.5) is 9.59 Å². The van der Waals surface area contributed by atoms with Crippen LogP contribution in [-0.4, -0.2) is 119 Å². The maximum Gasteiger partial charge on any atom is 0.410 e. The van der Waals surface area contributed by atoms with Crippen molar-refractivity contribution < 1.29 is 47.9 Å². The third-order valence-corrected chi connectivity index (χ3v) is 8.34. The lowest BCUT2D eigenvalue weighted by Gasteiger charge is -2.30. The Labute approximate surface area is 326 Å². The fourth-order valence-electron chi connectivity index (χ4n) is 5.60. The Kier molecular flexibility index (Phi) is 19.7. The molecule has 1 aromatic rings. The van der Waals surface area contributed by atoms with Crippen LogP contribution < -0.4 is 5.32 Å². The van der Waals surface area contributed by atoms with Crippen molar-refractivity contribution in [3.8, 4) is 0 Å². The molecular weight excluding hydrogens is 710 g/mol. The van der Waals surface area contributed by atoms with E-state index in [1.807, 2.05) is 35.2 Å². The molecule has 1 aromatic carbocycles. The summed E-state index contributed by atoms with van der Waals surface area (Å²) in [5.41, 5.74) is -0.307. The third kappa shape index (κ3) is 19.5. The summed E-state index contributed by atoms with van der Waals surface area (Å²) in [6.07, 6.45) is 2.38. The Balaban J connectivity index is 2.06. The minimum absolute atomic E-state index is 0.0412. The normalized spacial score (nSPS) is 13.0. The van der Waals surface area contributed by atoms with E-state index in [9.17, 15) is 33.6 Å². The van der Waals surface area contributed by atoms with Crippen LogP contribution in [0.2, 0.25) is 0 Å². The van der Waals surface area contributed by atoms with Gasteiger partial charge in [-0.3, -0.25) is 19.2 Å². The van der Waals surface area contributed by atoms with Gasteiger partial charge in [0.05, 0.1) is 6.42 Å². The zero-order valence-electron chi connectivity index (χ0n) is 34.0. The number of rotatable bonds is 22. The number of hydrogen-bond acceptors (Lipinski definition) is 10. The van der Waals surface area contributed by atoms with Gasteiger partial charge in [-0.15, -0.1) is 5.06 Å². The Bertz CT molecular complexity index is 1410. The summed E-state index contributed by atoms with van der Waals surface area (Å²) in [7, 11) is 0. The van der Waals surface area contributed by atoms with Gasteiger partial charge in [0.2, 0.25) is 11.8 Å². The van der Waals surface area contributed by atoms with Crippen molar-refractivity contribution in [3.05, 3.63) is 35.9 Å². The minimum atomic E-state index is -0.883. The Morgan fingerprint density at radius 1 is 0.673 bits per heavy atom. The van der Waals surface area contributed by atoms with Gasteiger partial charge in [0.1, 0.15) is 11.2 Å². The second-order valence-electron chi connectivity index (χ2n) is 15.6. The topological polar surface area (TPSA) is 172 Å². The summed E-state index contributed by atoms with van der Waals surface area (Å²) < 4.78 is 11.0. The standard InChI is InChI=1S/C40H63N5O10/c1-8-9-25-42(32(46)19-18-31-16-11-10-12-17-31)27-14-29-44(38(52)54-40(5,6)7)30-15-28-43(26-13-24-41-37(51)53-39(2,3)4)33(47)22-23-36(50)55-45-34(48)20-21-35(45)49/h10-12,16-17H,8-9,13-15,18-30H2,1-7H3,(H,41,51). The molecule has 308 valence electrons. The van der Waals surface area contributed by atoms with Crippen LogP contribution in [0, 0.1) is 0 Å². The molecule has 15 nitrogen and oxygen atoms in total. The fourth-order valence-corrected chi connectivity index (χ4v) is 5.60. The first kappa shape index (κ1) is 46.5. The van der Waals surface area contributed by atoms with Crippen molar-refractivity contribution in [2.24, 2.45) is 0 Å². The maximum atomic E-state index is 13.4. The molecule has 0 radical (unpaired) electrons. The Hall–Kier alpha value is -4.69. The highest BCUT2D eigenvalue weighted by Gasteiger charge is 2.33. The number of imide groups is 1. The predicted molar refractivity (Wildman–Crippen MR) is 205 cm³/mol. The molecule has 0 aromatic heterocycles. The van der Waals surface area contributed by atoms with Crippen LogP contribution in [0.1, 0.15) is 118 Å². The summed E-state index contributed by atoms with van der Waals surface area (Å²) in [6.45, 7) is 15.1. The molecule has 1 aliphatic rings. The lowest BCUT2D eigenvalue weighted by molar-refractivity contribution is -0.197. The van der Waals surface area contributed by atoms with E-state index in [1.165, 1.54) is 0 Å². The molecule has 1 aliphatic heterocycles. The molecule has 1 fully saturated rings. The number of nitrogens with zero attached hydrogens (tertiary/aromatic N) is 4. The minimum Gasteiger partial charge on any atom is -0.444 e. The van der Waals surface area contributed by atoms with Crippen LogP contribution in [0.3, 0.4) is 0 Å². The number of benzene rings is 1. The van der Waals surface area contributed by atoms with E-state index in [2.05, 4.69) is 12.2 Å². The first-order valence-electron chi connectivity index (χ1n) is 19.5. The third-order valence-electron chi connectivity index (χ3n) is 8.34. The highest BCUT2D eigenvalue weighted by molar-refractivity contribution is 6.01. The summed E-state index contributed by atoms with van der Waals surface area (Å²) in [6, 6.07) is 9.88. The lowest BCUT2D eigenvalue weighted by atomic mass is 10.1. The van der Waals surface area contributed by atoms with Gasteiger partial charge >= 0.3 is 18.2 Å². The van der Waals surface area contributed by atoms with E-state index < -0.39 is 41.2 Å². The largest absolute Gasteiger partial charge is 0.444 e. The van der Waals surface area contributed by atoms with Gasteiger partial charge in [-0.1, -0.05) is 43.7 Å². The Morgan fingerprint density at radius 2 is 1.18 bits per heavy atom. The molecule has 1 heterocycles. The number of carbonyl (C=O) groups is 7. The SMILES string of the molecule is CCCCN(CCCN(CCCN(CCCNC(=O)OC(C)(C)C)C(=O)CCC(=O)ON1C(=O)CCC1=O)C(=O)OC(C)(C)C)C(=O)CCc1ccccc1. The van der Waals surface area contributed by atoms with Crippen LogP contribution >= 0.6 is 0 Å². The molecule has 15 heteroatoms. The Morgan fingerprint density at radius 3 is 1.73 bits per heavy atom. The number of ether oxygens (including phenoxy) is 2. The summed E-state index contributed by atoms with van der Waals surface area (Å²) in [5.74, 6) is -2.41. The number of aryl methyl sites for hydroxylation is 1. The van der Waals surface area contributed by atoms with Crippen molar-refractivity contribution in [2.75, 3.05) is 45.8 Å². The summed E-state index contributed by atoms with van der Waals surface area (Å²) in [4.78, 5) is 98.1. The van der Waals surface area contributed by atoms with Crippen LogP contribution in [0.5, 0.6) is 0 Å². The van der Waals surface area contributed by atoms with E-state index >= 15 is 0 Å². The van der Waals surface area contributed by atoms with Crippen molar-refractivity contribution in [1.29, 1.82) is 0 Å². The second kappa shape index (κ2) is 23.3. The highest BCUT2D eigenvalue weighted by atomic mass is 16.7. The average Bonchev–Trinajstić information content (AvgIpc) is 3.42. The van der Waals surface area contributed by atoms with Gasteiger partial charge < -0.3 is 34.3 Å². The van der Waals surface area contributed by atoms with E-state index in [-0.39, 0.29) is 63.7 Å². The van der Waals surface area contributed by atoms with E-state index in [0.29, 0.717) is 56.8 Å². The van der Waals surface area contributed by atoms with Crippen molar-refractivity contribution >= 4 is 41.8 Å². The number of nitrogens with one attached hydrogen (secondary N) is 1. The average molecular weight is 774 g/mol. The van der Waals surface area contributed by atoms with Gasteiger partial charge in [-0.05, 0) is 79.2 Å². The van der Waals surface area contributed by atoms with Crippen LogP contribution in [0.15, 0.2) is 30.3 Å². The van der Waals surface area contributed by atoms with E-state index in [4.69, 9.17) is 14.3 Å². The monoisotopic (exact) mass is 773 g/mol. The van der Waals surface area contributed by atoms with E-state index in [0.717, 1.165) is 18.4 Å². The lowest BCUT2D eigenvalue weighted by Crippen LogP contribution is -2.41. The zero-order chi connectivity index (χ0) is 41.0. The van der Waals surface area contributed by atoms with E-state index in [1.54, 1.807) is 51.3 Å². The second-order valence-corrected chi connectivity index (χ2v) is 15.6. The molecule has 0 spiro atoms. The van der Waals surface area contributed by atoms with Crippen molar-refractivity contribution in [1.82, 2.24) is 25.1 Å². The number of hydrogen-bond donors (Lipinski definition) is 1. The van der Waals surface area contributed by atoms with Gasteiger partial charge in [0.25, 0.3) is 11.8 Å². The molecule has 1 N–H and O–H groups in total. The van der Waals surface area contributed by atoms with Gasteiger partial charge in [0, 0.05) is 71.5 Å². The summed E-state index contributed by atoms with van der Waals surface area (Å²) in [5, 5.41) is 3.12. The molecule has 0 saturated carbocycles. The molecule has 1 saturated heterocycles. The number of alkyl carbamates (subject to hydrolysis) is 1. The molecule has 0 unspecified atom stereocenters. The van der Waals surface area contributed by atoms with Crippen molar-refractivity contribution in [2.45, 2.75) is 130 Å². The van der Waals surface area contributed by atoms with Gasteiger partial charge in [-0.25, -0.2) is 14.4 Å². The van der Waals surface area contributed by atoms with Gasteiger partial charge in [0.15, 0.2) is 0 Å². The number of carbonyl (C=O) groups excluding carboxylic acids is 7. The van der Waals surface area contributed by atoms with Crippen LogP contribution in [0.25, 0.3) is 0 Å². The molecule has 0 atom stereocenters. The quantitative estimate of drug-likeness (QED) is 0.119. The number of amides is 6. The molecule has 0 bridgehead atoms. The molecular formula is C40H63N5O10. The predicted octanol–water partition coefficient (Wildman–Crippen LogP) is 5.40. The zero-order valence-corrected chi connectivity index (χ0v) is 34.0. The maximum absolute atomic E-state index is 13.4. The first-order chi connectivity index (χ1) is 25.9. The number of hydroxylamine groups is 2. The molecule has 2 rings (SSSR count). The molecule has 0 aliphatic carbocycles. The van der Waals surface area contributed by atoms with Gasteiger partial charge in [-0.2, -0.15) is 0 Å². The first-order valence-corrected chi connectivity index (χ1v) is 19.5. The molecule has 55 heavy (non-hydrogen) atoms. The fraction of sp³-hybridized carbons (Fsp3) is 0.675. The molecule has 6 amide bonds.